The van der Waals surface area contributed by atoms with Crippen LogP contribution in [0.15, 0.2) is 22.0 Å². The average Bonchev–Trinajstić information content (AvgIpc) is 3.12. The lowest BCUT2D eigenvalue weighted by Gasteiger charge is -2.64. The molecule has 0 radical (unpaired) electrons. The van der Waals surface area contributed by atoms with Gasteiger partial charge in [-0.3, -0.25) is 0 Å². The summed E-state index contributed by atoms with van der Waals surface area (Å²) in [5.41, 5.74) is 2.64. The molecule has 0 aromatic rings. The summed E-state index contributed by atoms with van der Waals surface area (Å²) in [4.78, 5) is 10.8. The highest BCUT2D eigenvalue weighted by atomic mass is 28.4. The molecule has 0 heterocycles. The minimum atomic E-state index is -1.98. The second-order valence-electron chi connectivity index (χ2n) is 17.4. The summed E-state index contributed by atoms with van der Waals surface area (Å²) in [6.45, 7) is 28.6. The minimum Gasteiger partial charge on any atom is -0.412 e. The molecule has 7 nitrogen and oxygen atoms in total. The molecular weight excluding hydrogens is 589 g/mol. The van der Waals surface area contributed by atoms with E-state index in [1.807, 2.05) is 0 Å². The fraction of sp³-hybridized carbons (Fsp3) is 0.879. The summed E-state index contributed by atoms with van der Waals surface area (Å²) in [6.07, 6.45) is 9.82. The van der Waals surface area contributed by atoms with Gasteiger partial charge in [0.1, 0.15) is 25.5 Å². The lowest BCUT2D eigenvalue weighted by Crippen LogP contribution is -2.64. The second kappa shape index (κ2) is 11.8. The van der Waals surface area contributed by atoms with Crippen molar-refractivity contribution in [2.75, 3.05) is 20.8 Å². The van der Waals surface area contributed by atoms with Gasteiger partial charge in [-0.15, -0.1) is 0 Å². The standard InChI is InChI=1S/C33H62N2O5Si3/c1-30-18-15-24(34-36-4)21-28(30)32(3,39-42(9,10)11)22-25-26(30)16-19-31(2)27(25)17-20-33(31,40-43(12,13)14)29(35-37-5)23-38-41(6,7)8/h21,25-27H,15-20,22-23H2,1-14H3/b34-24-,35-29+/t25-,26+,27+,30-,31+,32-,33+/m1/s1. The number of rotatable bonds is 10. The van der Waals surface area contributed by atoms with Crippen LogP contribution in [0.1, 0.15) is 65.7 Å². The summed E-state index contributed by atoms with van der Waals surface area (Å²) in [5.74, 6) is 1.65. The van der Waals surface area contributed by atoms with Gasteiger partial charge in [0.2, 0.25) is 0 Å². The normalized spacial score (nSPS) is 39.6. The number of oxime groups is 2. The molecule has 3 fully saturated rings. The molecule has 0 saturated heterocycles. The molecule has 0 amide bonds. The molecule has 0 aromatic carbocycles. The van der Waals surface area contributed by atoms with Gasteiger partial charge in [-0.1, -0.05) is 24.2 Å². The van der Waals surface area contributed by atoms with E-state index in [4.69, 9.17) is 28.1 Å². The minimum absolute atomic E-state index is 0.0659. The third-order valence-electron chi connectivity index (χ3n) is 10.9. The zero-order chi connectivity index (χ0) is 32.3. The third kappa shape index (κ3) is 6.70. The summed E-state index contributed by atoms with van der Waals surface area (Å²) in [7, 11) is -2.32. The highest BCUT2D eigenvalue weighted by Crippen LogP contribution is 2.70. The van der Waals surface area contributed by atoms with Gasteiger partial charge in [-0.05, 0) is 146 Å². The maximum atomic E-state index is 7.42. The fourth-order valence-corrected chi connectivity index (χ4v) is 13.4. The van der Waals surface area contributed by atoms with E-state index in [0.29, 0.717) is 24.4 Å². The van der Waals surface area contributed by atoms with E-state index in [2.05, 4.69) is 90.9 Å². The van der Waals surface area contributed by atoms with Crippen molar-refractivity contribution in [1.29, 1.82) is 0 Å². The average molecular weight is 651 g/mol. The van der Waals surface area contributed by atoms with E-state index in [1.165, 1.54) is 12.0 Å². The zero-order valence-electron chi connectivity index (χ0n) is 29.9. The molecule has 0 spiro atoms. The highest BCUT2D eigenvalue weighted by molar-refractivity contribution is 6.70. The van der Waals surface area contributed by atoms with Gasteiger partial charge in [0.25, 0.3) is 0 Å². The maximum Gasteiger partial charge on any atom is 0.185 e. The first-order valence-electron chi connectivity index (χ1n) is 16.6. The Morgan fingerprint density at radius 3 is 2.00 bits per heavy atom. The van der Waals surface area contributed by atoms with Crippen molar-refractivity contribution in [3.63, 3.8) is 0 Å². The Labute approximate surface area is 265 Å². The van der Waals surface area contributed by atoms with E-state index in [-0.39, 0.29) is 16.4 Å². The molecule has 0 aromatic heterocycles. The highest BCUT2D eigenvalue weighted by Gasteiger charge is 2.69. The first kappa shape index (κ1) is 35.1. The van der Waals surface area contributed by atoms with Crippen LogP contribution in [-0.2, 0) is 23.0 Å². The van der Waals surface area contributed by atoms with E-state index in [9.17, 15) is 0 Å². The molecule has 246 valence electrons. The molecule has 3 saturated carbocycles. The van der Waals surface area contributed by atoms with Crippen molar-refractivity contribution in [3.05, 3.63) is 11.6 Å². The number of hydrogen-bond donors (Lipinski definition) is 0. The Bertz CT molecular complexity index is 1140. The SMILES string of the molecule is CO/N=C1\C=C2[C@](C)(O[Si](C)(C)C)C[C@@H]3[C@H](CC[C@@]4(C)[C@H]3CC[C@]4(O[Si](C)(C)C)/C(CO[Si](C)(C)C)=N/OC)[C@@]2(C)CC1. The van der Waals surface area contributed by atoms with Crippen molar-refractivity contribution in [3.8, 4) is 0 Å². The Kier molecular flexibility index (Phi) is 9.61. The Morgan fingerprint density at radius 2 is 1.44 bits per heavy atom. The lowest BCUT2D eigenvalue weighted by molar-refractivity contribution is -0.120. The third-order valence-corrected chi connectivity index (χ3v) is 14.0. The van der Waals surface area contributed by atoms with Crippen molar-refractivity contribution < 1.29 is 23.0 Å². The van der Waals surface area contributed by atoms with Crippen molar-refractivity contribution in [1.82, 2.24) is 0 Å². The largest absolute Gasteiger partial charge is 0.412 e. The Balaban J connectivity index is 1.83. The number of fused-ring (bicyclic) bond motifs is 5. The van der Waals surface area contributed by atoms with Crippen LogP contribution in [-0.4, -0.2) is 68.4 Å². The predicted octanol–water partition coefficient (Wildman–Crippen LogP) is 8.62. The molecular formula is C33H62N2O5Si3. The fourth-order valence-electron chi connectivity index (χ4n) is 9.79. The zero-order valence-corrected chi connectivity index (χ0v) is 32.9. The molecule has 0 N–H and O–H groups in total. The van der Waals surface area contributed by atoms with Gasteiger partial charge in [0.15, 0.2) is 25.0 Å². The van der Waals surface area contributed by atoms with E-state index in [0.717, 1.165) is 49.9 Å². The quantitative estimate of drug-likeness (QED) is 0.135. The van der Waals surface area contributed by atoms with Crippen LogP contribution in [0, 0.1) is 28.6 Å². The van der Waals surface area contributed by atoms with Crippen LogP contribution in [0.3, 0.4) is 0 Å². The molecule has 0 unspecified atom stereocenters. The summed E-state index contributed by atoms with van der Waals surface area (Å²) >= 11 is 0. The molecule has 4 aliphatic carbocycles. The van der Waals surface area contributed by atoms with E-state index < -0.39 is 30.6 Å². The van der Waals surface area contributed by atoms with Gasteiger partial charge >= 0.3 is 0 Å². The summed E-state index contributed by atoms with van der Waals surface area (Å²) < 4.78 is 21.2. The van der Waals surface area contributed by atoms with Crippen LogP contribution in [0.4, 0.5) is 0 Å². The summed E-state index contributed by atoms with van der Waals surface area (Å²) in [6, 6.07) is 0. The Hall–Kier alpha value is -0.789. The van der Waals surface area contributed by atoms with Gasteiger partial charge in [-0.2, -0.15) is 0 Å². The van der Waals surface area contributed by atoms with E-state index >= 15 is 0 Å². The Morgan fingerprint density at radius 1 is 0.814 bits per heavy atom. The van der Waals surface area contributed by atoms with Crippen molar-refractivity contribution >= 4 is 36.4 Å². The first-order chi connectivity index (χ1) is 19.6. The summed E-state index contributed by atoms with van der Waals surface area (Å²) in [5, 5.41) is 9.16. The van der Waals surface area contributed by atoms with Crippen LogP contribution >= 0.6 is 0 Å². The maximum absolute atomic E-state index is 7.42. The monoisotopic (exact) mass is 650 g/mol. The van der Waals surface area contributed by atoms with Crippen molar-refractivity contribution in [2.24, 2.45) is 38.9 Å². The first-order valence-corrected chi connectivity index (χ1v) is 26.8. The predicted molar refractivity (Wildman–Crippen MR) is 185 cm³/mol. The second-order valence-corrected chi connectivity index (χ2v) is 30.8. The molecule has 7 atom stereocenters. The smallest absolute Gasteiger partial charge is 0.185 e. The van der Waals surface area contributed by atoms with Crippen LogP contribution in [0.25, 0.3) is 0 Å². The van der Waals surface area contributed by atoms with Gasteiger partial charge in [0, 0.05) is 5.41 Å². The van der Waals surface area contributed by atoms with Crippen LogP contribution in [0.2, 0.25) is 58.9 Å². The topological polar surface area (TPSA) is 70.9 Å². The van der Waals surface area contributed by atoms with E-state index in [1.54, 1.807) is 14.2 Å². The van der Waals surface area contributed by atoms with Gasteiger partial charge in [0.05, 0.1) is 17.9 Å². The van der Waals surface area contributed by atoms with Crippen LogP contribution < -0.4 is 0 Å². The molecule has 4 aliphatic rings. The number of hydrogen-bond acceptors (Lipinski definition) is 7. The van der Waals surface area contributed by atoms with Crippen molar-refractivity contribution in [2.45, 2.75) is 136 Å². The molecule has 0 bridgehead atoms. The van der Waals surface area contributed by atoms with Crippen LogP contribution in [0.5, 0.6) is 0 Å². The molecule has 10 heteroatoms. The number of nitrogens with zero attached hydrogens (tertiary/aromatic N) is 2. The number of allylic oxidation sites excluding steroid dienone is 1. The lowest BCUT2D eigenvalue weighted by atomic mass is 9.44. The molecule has 43 heavy (non-hydrogen) atoms. The molecule has 0 aliphatic heterocycles. The molecule has 4 rings (SSSR count). The van der Waals surface area contributed by atoms with Gasteiger partial charge in [-0.25, -0.2) is 0 Å². The van der Waals surface area contributed by atoms with Gasteiger partial charge < -0.3 is 23.0 Å².